The van der Waals surface area contributed by atoms with Gasteiger partial charge in [0.05, 0.1) is 13.2 Å². The van der Waals surface area contributed by atoms with E-state index in [9.17, 15) is 4.79 Å². The minimum absolute atomic E-state index is 0.0550. The van der Waals surface area contributed by atoms with E-state index >= 15 is 0 Å². The van der Waals surface area contributed by atoms with Crippen LogP contribution in [0.15, 0.2) is 0 Å². The molecule has 4 heteroatoms. The number of methoxy groups -OCH3 is 1. The average Bonchev–Trinajstić information content (AvgIpc) is 2.79. The lowest BCUT2D eigenvalue weighted by Crippen LogP contribution is -2.44. The summed E-state index contributed by atoms with van der Waals surface area (Å²) in [6, 6.07) is 0.525. The Kier molecular flexibility index (Phi) is 6.52. The van der Waals surface area contributed by atoms with Gasteiger partial charge in [-0.25, -0.2) is 0 Å². The quantitative estimate of drug-likeness (QED) is 0.707. The Bertz CT molecular complexity index is 227. The van der Waals surface area contributed by atoms with Gasteiger partial charge in [-0.1, -0.05) is 12.8 Å². The number of carbonyl (C=O) groups is 1. The molecule has 100 valence electrons. The fourth-order valence-electron chi connectivity index (χ4n) is 2.50. The molecule has 0 spiro atoms. The molecule has 1 aliphatic carbocycles. The first kappa shape index (κ1) is 14.5. The molecule has 2 N–H and O–H groups in total. The summed E-state index contributed by atoms with van der Waals surface area (Å²) in [7, 11) is 1.64. The second-order valence-corrected chi connectivity index (χ2v) is 5.14. The van der Waals surface area contributed by atoms with Crippen LogP contribution in [-0.2, 0) is 9.53 Å². The minimum atomic E-state index is 0.0550. The van der Waals surface area contributed by atoms with Crippen LogP contribution in [-0.4, -0.2) is 38.3 Å². The van der Waals surface area contributed by atoms with E-state index in [4.69, 9.17) is 4.74 Å². The third-order valence-electron chi connectivity index (χ3n) is 3.52. The zero-order valence-corrected chi connectivity index (χ0v) is 11.3. The average molecular weight is 242 g/mol. The van der Waals surface area contributed by atoms with Crippen LogP contribution in [0.2, 0.25) is 0 Å². The van der Waals surface area contributed by atoms with Crippen LogP contribution in [0.1, 0.15) is 39.5 Å². The molecule has 0 radical (unpaired) electrons. The minimum Gasteiger partial charge on any atom is -0.383 e. The predicted octanol–water partition coefficient (Wildman–Crippen LogP) is 1.31. The SMILES string of the molecule is COCC(C)NC(=O)CN[C@@H](C)C1CCCC1. The number of ether oxygens (including phenoxy) is 1. The van der Waals surface area contributed by atoms with Gasteiger partial charge in [0, 0.05) is 19.2 Å². The van der Waals surface area contributed by atoms with Crippen molar-refractivity contribution in [3.05, 3.63) is 0 Å². The summed E-state index contributed by atoms with van der Waals surface area (Å²) in [5, 5.41) is 6.22. The van der Waals surface area contributed by atoms with Crippen molar-refractivity contribution in [3.8, 4) is 0 Å². The molecule has 0 aliphatic heterocycles. The number of amides is 1. The van der Waals surface area contributed by atoms with Crippen LogP contribution in [0.3, 0.4) is 0 Å². The molecule has 1 aliphatic rings. The van der Waals surface area contributed by atoms with Crippen LogP contribution in [0.4, 0.5) is 0 Å². The van der Waals surface area contributed by atoms with Gasteiger partial charge >= 0.3 is 0 Å². The van der Waals surface area contributed by atoms with E-state index in [-0.39, 0.29) is 11.9 Å². The number of hydrogen-bond acceptors (Lipinski definition) is 3. The van der Waals surface area contributed by atoms with Gasteiger partial charge in [-0.05, 0) is 32.6 Å². The summed E-state index contributed by atoms with van der Waals surface area (Å²) in [5.74, 6) is 0.804. The van der Waals surface area contributed by atoms with Gasteiger partial charge in [-0.3, -0.25) is 4.79 Å². The van der Waals surface area contributed by atoms with Crippen molar-refractivity contribution in [1.82, 2.24) is 10.6 Å². The van der Waals surface area contributed by atoms with Gasteiger partial charge in [0.2, 0.25) is 5.91 Å². The monoisotopic (exact) mass is 242 g/mol. The van der Waals surface area contributed by atoms with Crippen LogP contribution in [0.5, 0.6) is 0 Å². The van der Waals surface area contributed by atoms with Crippen LogP contribution in [0.25, 0.3) is 0 Å². The highest BCUT2D eigenvalue weighted by Crippen LogP contribution is 2.27. The molecule has 1 fully saturated rings. The Hall–Kier alpha value is -0.610. The molecule has 0 aromatic carbocycles. The first-order valence-electron chi connectivity index (χ1n) is 6.65. The third-order valence-corrected chi connectivity index (χ3v) is 3.52. The fourth-order valence-corrected chi connectivity index (χ4v) is 2.50. The molecule has 1 rings (SSSR count). The zero-order valence-electron chi connectivity index (χ0n) is 11.3. The largest absolute Gasteiger partial charge is 0.383 e. The van der Waals surface area contributed by atoms with Crippen LogP contribution >= 0.6 is 0 Å². The lowest BCUT2D eigenvalue weighted by atomic mass is 10.00. The Labute approximate surface area is 104 Å². The summed E-state index contributed by atoms with van der Waals surface area (Å²) in [6.45, 7) is 5.10. The second kappa shape index (κ2) is 7.67. The Morgan fingerprint density at radius 2 is 2.00 bits per heavy atom. The summed E-state index contributed by atoms with van der Waals surface area (Å²) >= 11 is 0. The van der Waals surface area contributed by atoms with Crippen molar-refractivity contribution in [2.24, 2.45) is 5.92 Å². The maximum Gasteiger partial charge on any atom is 0.234 e. The van der Waals surface area contributed by atoms with Gasteiger partial charge in [0.25, 0.3) is 0 Å². The topological polar surface area (TPSA) is 50.4 Å². The molecule has 0 saturated heterocycles. The number of rotatable bonds is 7. The molecule has 0 aromatic heterocycles. The van der Waals surface area contributed by atoms with Gasteiger partial charge in [0.15, 0.2) is 0 Å². The van der Waals surface area contributed by atoms with Crippen molar-refractivity contribution >= 4 is 5.91 Å². The molecular formula is C13H26N2O2. The van der Waals surface area contributed by atoms with Crippen molar-refractivity contribution in [2.75, 3.05) is 20.3 Å². The number of hydrogen-bond donors (Lipinski definition) is 2. The van der Waals surface area contributed by atoms with E-state index in [2.05, 4.69) is 17.6 Å². The van der Waals surface area contributed by atoms with Crippen molar-refractivity contribution in [3.63, 3.8) is 0 Å². The molecular weight excluding hydrogens is 216 g/mol. The normalized spacial score (nSPS) is 20.2. The Balaban J connectivity index is 2.14. The summed E-state index contributed by atoms with van der Waals surface area (Å²) < 4.78 is 4.98. The number of carbonyl (C=O) groups excluding carboxylic acids is 1. The molecule has 0 bridgehead atoms. The first-order valence-corrected chi connectivity index (χ1v) is 6.65. The van der Waals surface area contributed by atoms with Gasteiger partial charge in [-0.2, -0.15) is 0 Å². The van der Waals surface area contributed by atoms with E-state index in [1.807, 2.05) is 6.92 Å². The maximum absolute atomic E-state index is 11.6. The smallest absolute Gasteiger partial charge is 0.234 e. The van der Waals surface area contributed by atoms with E-state index in [0.29, 0.717) is 19.2 Å². The van der Waals surface area contributed by atoms with E-state index in [0.717, 1.165) is 5.92 Å². The van der Waals surface area contributed by atoms with Crippen molar-refractivity contribution in [1.29, 1.82) is 0 Å². The Morgan fingerprint density at radius 1 is 1.35 bits per heavy atom. The van der Waals surface area contributed by atoms with Crippen LogP contribution in [0, 0.1) is 5.92 Å². The zero-order chi connectivity index (χ0) is 12.7. The summed E-state index contributed by atoms with van der Waals surface area (Å²) in [5.41, 5.74) is 0. The van der Waals surface area contributed by atoms with Gasteiger partial charge < -0.3 is 15.4 Å². The fraction of sp³-hybridized carbons (Fsp3) is 0.923. The lowest BCUT2D eigenvalue weighted by molar-refractivity contribution is -0.121. The van der Waals surface area contributed by atoms with Gasteiger partial charge in [-0.15, -0.1) is 0 Å². The van der Waals surface area contributed by atoms with E-state index < -0.39 is 0 Å². The molecule has 1 saturated carbocycles. The Morgan fingerprint density at radius 3 is 2.59 bits per heavy atom. The van der Waals surface area contributed by atoms with E-state index in [1.165, 1.54) is 25.7 Å². The predicted molar refractivity (Wildman–Crippen MR) is 68.9 cm³/mol. The summed E-state index contributed by atoms with van der Waals surface area (Å²) in [6.07, 6.45) is 5.28. The molecule has 17 heavy (non-hydrogen) atoms. The standard InChI is InChI=1S/C13H26N2O2/c1-10(9-17-3)15-13(16)8-14-11(2)12-6-4-5-7-12/h10-12,14H,4-9H2,1-3H3,(H,15,16)/t10?,11-/m0/s1. The maximum atomic E-state index is 11.6. The molecule has 2 atom stereocenters. The van der Waals surface area contributed by atoms with Crippen LogP contribution < -0.4 is 10.6 Å². The molecule has 1 amide bonds. The van der Waals surface area contributed by atoms with Crippen molar-refractivity contribution < 1.29 is 9.53 Å². The second-order valence-electron chi connectivity index (χ2n) is 5.14. The first-order chi connectivity index (χ1) is 8.13. The van der Waals surface area contributed by atoms with Gasteiger partial charge in [0.1, 0.15) is 0 Å². The number of nitrogens with one attached hydrogen (secondary N) is 2. The highest BCUT2D eigenvalue weighted by Gasteiger charge is 2.21. The molecule has 4 nitrogen and oxygen atoms in total. The highest BCUT2D eigenvalue weighted by atomic mass is 16.5. The summed E-state index contributed by atoms with van der Waals surface area (Å²) in [4.78, 5) is 11.6. The highest BCUT2D eigenvalue weighted by molar-refractivity contribution is 5.78. The lowest BCUT2D eigenvalue weighted by Gasteiger charge is -2.21. The molecule has 0 aromatic rings. The van der Waals surface area contributed by atoms with Crippen molar-refractivity contribution in [2.45, 2.75) is 51.6 Å². The molecule has 0 heterocycles. The molecule has 1 unspecified atom stereocenters. The third kappa shape index (κ3) is 5.50. The van der Waals surface area contributed by atoms with E-state index in [1.54, 1.807) is 7.11 Å².